The molecule has 0 radical (unpaired) electrons. The van der Waals surface area contributed by atoms with Gasteiger partial charge >= 0.3 is 16.8 Å². The third-order valence-corrected chi connectivity index (χ3v) is 7.82. The van der Waals surface area contributed by atoms with Crippen LogP contribution in [0.3, 0.4) is 0 Å². The molecule has 0 amide bonds. The molecule has 208 valence electrons. The number of hydrogen-bond acceptors (Lipinski definition) is 9. The zero-order valence-corrected chi connectivity index (χ0v) is 24.3. The Bertz CT molecular complexity index is 1410. The Labute approximate surface area is 241 Å². The smallest absolute Gasteiger partial charge is 0.458 e. The average molecular weight is 579 g/mol. The summed E-state index contributed by atoms with van der Waals surface area (Å²) in [5, 5.41) is 2.64. The van der Waals surface area contributed by atoms with Crippen LogP contribution in [0.25, 0.3) is 21.5 Å². The molecule has 7 nitrogen and oxygen atoms in total. The summed E-state index contributed by atoms with van der Waals surface area (Å²) in [7, 11) is 0. The summed E-state index contributed by atoms with van der Waals surface area (Å²) in [5.41, 5.74) is 1.49. The van der Waals surface area contributed by atoms with Crippen LogP contribution in [0.1, 0.15) is 51.0 Å². The molecule has 0 aliphatic heterocycles. The van der Waals surface area contributed by atoms with Crippen LogP contribution in [0.15, 0.2) is 82.6 Å². The molecule has 4 aromatic carbocycles. The molecule has 0 saturated heterocycles. The molecule has 9 heteroatoms. The van der Waals surface area contributed by atoms with Gasteiger partial charge in [0.05, 0.1) is 13.2 Å². The summed E-state index contributed by atoms with van der Waals surface area (Å²) < 4.78 is 21.7. The van der Waals surface area contributed by atoms with E-state index in [1.807, 2.05) is 72.8 Å². The molecule has 0 N–H and O–H groups in total. The number of carbonyl (C=O) groups is 3. The van der Waals surface area contributed by atoms with E-state index < -0.39 is 29.0 Å². The lowest BCUT2D eigenvalue weighted by atomic mass is 10.0. The summed E-state index contributed by atoms with van der Waals surface area (Å²) >= 11 is 2.00. The third kappa shape index (κ3) is 6.89. The first-order valence-electron chi connectivity index (χ1n) is 12.9. The number of rotatable bonds is 8. The van der Waals surface area contributed by atoms with Gasteiger partial charge in [-0.25, -0.2) is 14.4 Å². The van der Waals surface area contributed by atoms with E-state index in [-0.39, 0.29) is 13.2 Å². The third-order valence-electron chi connectivity index (χ3n) is 6.13. The number of ether oxygens (including phenoxy) is 4. The number of fused-ring (bicyclic) bond motifs is 2. The zero-order chi connectivity index (χ0) is 28.6. The van der Waals surface area contributed by atoms with Gasteiger partial charge in [-0.15, -0.1) is 0 Å². The Morgan fingerprint density at radius 2 is 1.00 bits per heavy atom. The molecular formula is C31H30O7S2. The fraction of sp³-hybridized carbons (Fsp3) is 0.258. The van der Waals surface area contributed by atoms with E-state index in [9.17, 15) is 14.4 Å². The van der Waals surface area contributed by atoms with E-state index >= 15 is 0 Å². The van der Waals surface area contributed by atoms with E-state index in [0.29, 0.717) is 9.79 Å². The summed E-state index contributed by atoms with van der Waals surface area (Å²) in [6, 6.07) is 22.7. The van der Waals surface area contributed by atoms with Crippen molar-refractivity contribution in [3.05, 3.63) is 83.9 Å². The maximum Gasteiger partial charge on any atom is 0.509 e. The lowest BCUT2D eigenvalue weighted by molar-refractivity contribution is 0.00689. The topological polar surface area (TPSA) is 88.1 Å². The van der Waals surface area contributed by atoms with Crippen molar-refractivity contribution in [2.75, 3.05) is 13.2 Å². The first-order chi connectivity index (χ1) is 19.3. The van der Waals surface area contributed by atoms with Crippen LogP contribution in [0.2, 0.25) is 0 Å². The second-order valence-electron chi connectivity index (χ2n) is 8.74. The fourth-order valence-electron chi connectivity index (χ4n) is 4.43. The number of carbonyl (C=O) groups excluding carboxylic acids is 3. The number of hydrogen-bond donors (Lipinski definition) is 0. The van der Waals surface area contributed by atoms with Crippen molar-refractivity contribution in [3.8, 4) is 0 Å². The standard InChI is InChI=1S/C31H30O7S2/c1-5-35-30(33)39-25-17-9-13-21-11-7-15-23(27(21)25)19(3)37-29(32)38-20(4)24-16-8-12-22-14-10-18-26(28(22)24)40-31(34)36-6-2/h7-20H,5-6H2,1-4H3. The highest BCUT2D eigenvalue weighted by Crippen LogP contribution is 2.37. The van der Waals surface area contributed by atoms with E-state index in [1.54, 1.807) is 27.7 Å². The largest absolute Gasteiger partial charge is 0.509 e. The lowest BCUT2D eigenvalue weighted by Crippen LogP contribution is -2.14. The summed E-state index contributed by atoms with van der Waals surface area (Å²) in [6.07, 6.45) is -2.15. The van der Waals surface area contributed by atoms with Crippen LogP contribution >= 0.6 is 23.5 Å². The van der Waals surface area contributed by atoms with Crippen LogP contribution in [0.5, 0.6) is 0 Å². The average Bonchev–Trinajstić information content (AvgIpc) is 2.92. The van der Waals surface area contributed by atoms with Crippen molar-refractivity contribution in [3.63, 3.8) is 0 Å². The molecule has 0 spiro atoms. The molecule has 4 rings (SSSR count). The minimum absolute atomic E-state index is 0.284. The molecule has 0 saturated carbocycles. The van der Waals surface area contributed by atoms with Gasteiger partial charge in [0.1, 0.15) is 12.2 Å². The molecule has 4 aromatic rings. The number of thioether (sulfide) groups is 2. The Balaban J connectivity index is 1.55. The first kappa shape index (κ1) is 29.3. The van der Waals surface area contributed by atoms with Gasteiger partial charge in [0.15, 0.2) is 0 Å². The SMILES string of the molecule is CCOC(=O)Sc1cccc2cccc(C(C)OC(=O)OC(C)c3cccc4cccc(SC(=O)OCC)c34)c12. The van der Waals surface area contributed by atoms with Crippen molar-refractivity contribution in [1.82, 2.24) is 0 Å². The van der Waals surface area contributed by atoms with Crippen molar-refractivity contribution in [2.45, 2.75) is 49.7 Å². The predicted octanol–water partition coefficient (Wildman–Crippen LogP) is 9.47. The minimum Gasteiger partial charge on any atom is -0.458 e. The molecule has 40 heavy (non-hydrogen) atoms. The molecular weight excluding hydrogens is 548 g/mol. The van der Waals surface area contributed by atoms with Crippen LogP contribution < -0.4 is 0 Å². The van der Waals surface area contributed by atoms with Gasteiger partial charge in [0.25, 0.3) is 0 Å². The molecule has 2 unspecified atom stereocenters. The number of benzene rings is 4. The maximum atomic E-state index is 13.0. The molecule has 0 aliphatic rings. The lowest BCUT2D eigenvalue weighted by Gasteiger charge is -2.20. The molecule has 0 heterocycles. The molecule has 0 aliphatic carbocycles. The highest BCUT2D eigenvalue weighted by molar-refractivity contribution is 8.13. The van der Waals surface area contributed by atoms with Gasteiger partial charge in [-0.2, -0.15) is 0 Å². The monoisotopic (exact) mass is 578 g/mol. The quantitative estimate of drug-likeness (QED) is 0.115. The summed E-state index contributed by atoms with van der Waals surface area (Å²) in [4.78, 5) is 38.8. The van der Waals surface area contributed by atoms with Crippen LogP contribution in [0, 0.1) is 0 Å². The van der Waals surface area contributed by atoms with Gasteiger partial charge in [0, 0.05) is 31.7 Å². The fourth-order valence-corrected chi connectivity index (χ4v) is 6.12. The van der Waals surface area contributed by atoms with E-state index in [4.69, 9.17) is 18.9 Å². The molecule has 0 bridgehead atoms. The maximum absolute atomic E-state index is 13.0. The van der Waals surface area contributed by atoms with Crippen molar-refractivity contribution < 1.29 is 33.3 Å². The van der Waals surface area contributed by atoms with Crippen LogP contribution in [-0.4, -0.2) is 30.0 Å². The predicted molar refractivity (Wildman–Crippen MR) is 158 cm³/mol. The second kappa shape index (κ2) is 13.6. The van der Waals surface area contributed by atoms with Crippen molar-refractivity contribution >= 4 is 61.8 Å². The first-order valence-corrected chi connectivity index (χ1v) is 14.5. The van der Waals surface area contributed by atoms with Crippen LogP contribution in [0.4, 0.5) is 14.4 Å². The Hall–Kier alpha value is -3.69. The van der Waals surface area contributed by atoms with Gasteiger partial charge in [0.2, 0.25) is 0 Å². The van der Waals surface area contributed by atoms with E-state index in [0.717, 1.165) is 56.2 Å². The van der Waals surface area contributed by atoms with Gasteiger partial charge < -0.3 is 18.9 Å². The summed E-state index contributed by atoms with van der Waals surface area (Å²) in [6.45, 7) is 7.61. The van der Waals surface area contributed by atoms with E-state index in [2.05, 4.69) is 0 Å². The van der Waals surface area contributed by atoms with Gasteiger partial charge in [-0.05, 0) is 74.1 Å². The van der Waals surface area contributed by atoms with E-state index in [1.165, 1.54) is 0 Å². The van der Waals surface area contributed by atoms with Crippen molar-refractivity contribution in [2.24, 2.45) is 0 Å². The molecule has 0 fully saturated rings. The zero-order valence-electron chi connectivity index (χ0n) is 22.7. The van der Waals surface area contributed by atoms with Crippen molar-refractivity contribution in [1.29, 1.82) is 0 Å². The normalized spacial score (nSPS) is 12.5. The Morgan fingerprint density at radius 1 is 0.625 bits per heavy atom. The highest BCUT2D eigenvalue weighted by Gasteiger charge is 2.22. The molecule has 0 aromatic heterocycles. The Morgan fingerprint density at radius 3 is 1.38 bits per heavy atom. The van der Waals surface area contributed by atoms with Gasteiger partial charge in [-0.3, -0.25) is 0 Å². The summed E-state index contributed by atoms with van der Waals surface area (Å²) in [5.74, 6) is 0. The molecule has 2 atom stereocenters. The van der Waals surface area contributed by atoms with Crippen LogP contribution in [-0.2, 0) is 18.9 Å². The van der Waals surface area contributed by atoms with Gasteiger partial charge in [-0.1, -0.05) is 60.7 Å². The highest BCUT2D eigenvalue weighted by atomic mass is 32.2. The second-order valence-corrected chi connectivity index (χ2v) is 10.7. The Kier molecular flexibility index (Phi) is 9.95. The minimum atomic E-state index is -0.833.